The minimum Gasteiger partial charge on any atom is -0.493 e. The molecule has 1 aromatic heterocycles. The van der Waals surface area contributed by atoms with E-state index in [9.17, 15) is 4.79 Å². The lowest BCUT2D eigenvalue weighted by molar-refractivity contribution is -0.121. The van der Waals surface area contributed by atoms with E-state index in [1.807, 2.05) is 44.6 Å². The normalized spacial score (nSPS) is 11.8. The summed E-state index contributed by atoms with van der Waals surface area (Å²) in [5.41, 5.74) is 4.01. The van der Waals surface area contributed by atoms with Crippen LogP contribution in [0.3, 0.4) is 0 Å². The van der Waals surface area contributed by atoms with E-state index in [-0.39, 0.29) is 11.9 Å². The second-order valence-electron chi connectivity index (χ2n) is 6.53. The number of nitrogens with zero attached hydrogens (tertiary/aromatic N) is 2. The van der Waals surface area contributed by atoms with Gasteiger partial charge in [-0.15, -0.1) is 0 Å². The summed E-state index contributed by atoms with van der Waals surface area (Å²) in [6.45, 7) is 5.95. The van der Waals surface area contributed by atoms with E-state index in [1.54, 1.807) is 21.3 Å². The van der Waals surface area contributed by atoms with Crippen molar-refractivity contribution in [3.8, 4) is 17.2 Å². The fourth-order valence-electron chi connectivity index (χ4n) is 3.34. The van der Waals surface area contributed by atoms with Gasteiger partial charge < -0.3 is 19.5 Å². The lowest BCUT2D eigenvalue weighted by Crippen LogP contribution is -2.27. The molecule has 1 N–H and O–H groups in total. The number of hydrogen-bond acceptors (Lipinski definition) is 5. The molecular formula is C20H29N3O4. The molecule has 1 amide bonds. The van der Waals surface area contributed by atoms with Crippen LogP contribution in [0.2, 0.25) is 0 Å². The fourth-order valence-corrected chi connectivity index (χ4v) is 3.34. The number of aromatic nitrogens is 2. The number of aryl methyl sites for hydroxylation is 3. The Hall–Kier alpha value is -2.70. The molecule has 0 spiro atoms. The van der Waals surface area contributed by atoms with Crippen LogP contribution >= 0.6 is 0 Å². The van der Waals surface area contributed by atoms with Crippen LogP contribution in [-0.2, 0) is 18.3 Å². The smallest absolute Gasteiger partial charge is 0.220 e. The van der Waals surface area contributed by atoms with Gasteiger partial charge in [-0.3, -0.25) is 9.48 Å². The van der Waals surface area contributed by atoms with Gasteiger partial charge in [0.15, 0.2) is 11.5 Å². The molecule has 1 heterocycles. The lowest BCUT2D eigenvalue weighted by Gasteiger charge is -2.16. The molecule has 0 aliphatic heterocycles. The number of nitrogens with one attached hydrogen (secondary N) is 1. The zero-order valence-corrected chi connectivity index (χ0v) is 17.2. The maximum Gasteiger partial charge on any atom is 0.220 e. The Morgan fingerprint density at radius 1 is 1.15 bits per heavy atom. The van der Waals surface area contributed by atoms with Crippen molar-refractivity contribution in [3.63, 3.8) is 0 Å². The molecule has 2 rings (SSSR count). The average molecular weight is 375 g/mol. The predicted octanol–water partition coefficient (Wildman–Crippen LogP) is 2.87. The molecule has 7 nitrogen and oxygen atoms in total. The molecule has 2 aromatic rings. The van der Waals surface area contributed by atoms with E-state index in [2.05, 4.69) is 10.4 Å². The highest BCUT2D eigenvalue weighted by Gasteiger charge is 2.18. The number of methoxy groups -OCH3 is 3. The standard InChI is InChI=1S/C20H29N3O4/c1-12(19-13(2)22-23(4)14(19)3)21-18(24)9-8-15-10-16(25-5)20(27-7)17(11-15)26-6/h10-12H,8-9H2,1-7H3,(H,21,24)/t12-/m0/s1. The van der Waals surface area contributed by atoms with Gasteiger partial charge in [0.25, 0.3) is 0 Å². The van der Waals surface area contributed by atoms with Gasteiger partial charge in [0.1, 0.15) is 0 Å². The minimum atomic E-state index is -0.0915. The van der Waals surface area contributed by atoms with Crippen LogP contribution in [0.15, 0.2) is 12.1 Å². The van der Waals surface area contributed by atoms with Crippen molar-refractivity contribution >= 4 is 5.91 Å². The Morgan fingerprint density at radius 3 is 2.19 bits per heavy atom. The van der Waals surface area contributed by atoms with Crippen molar-refractivity contribution in [2.75, 3.05) is 21.3 Å². The number of benzene rings is 1. The van der Waals surface area contributed by atoms with E-state index in [0.29, 0.717) is 30.1 Å². The Kier molecular flexibility index (Phi) is 6.71. The number of rotatable bonds is 8. The third-order valence-corrected chi connectivity index (χ3v) is 4.74. The SMILES string of the molecule is COc1cc(CCC(=O)N[C@@H](C)c2c(C)nn(C)c2C)cc(OC)c1OC. The van der Waals surface area contributed by atoms with Crippen molar-refractivity contribution in [1.82, 2.24) is 15.1 Å². The van der Waals surface area contributed by atoms with Crippen LogP contribution < -0.4 is 19.5 Å². The van der Waals surface area contributed by atoms with Crippen LogP contribution in [0.5, 0.6) is 17.2 Å². The summed E-state index contributed by atoms with van der Waals surface area (Å²) < 4.78 is 17.9. The maximum absolute atomic E-state index is 12.4. The van der Waals surface area contributed by atoms with E-state index in [1.165, 1.54) is 0 Å². The number of amides is 1. The Labute approximate surface area is 160 Å². The molecule has 148 valence electrons. The topological polar surface area (TPSA) is 74.6 Å². The molecule has 1 aromatic carbocycles. The summed E-state index contributed by atoms with van der Waals surface area (Å²) in [5.74, 6) is 1.70. The predicted molar refractivity (Wildman–Crippen MR) is 104 cm³/mol. The van der Waals surface area contributed by atoms with Crippen molar-refractivity contribution in [2.24, 2.45) is 7.05 Å². The number of carbonyl (C=O) groups excluding carboxylic acids is 1. The quantitative estimate of drug-likeness (QED) is 0.768. The van der Waals surface area contributed by atoms with Crippen LogP contribution in [0, 0.1) is 13.8 Å². The third-order valence-electron chi connectivity index (χ3n) is 4.74. The monoisotopic (exact) mass is 375 g/mol. The van der Waals surface area contributed by atoms with E-state index in [0.717, 1.165) is 22.5 Å². The fraction of sp³-hybridized carbons (Fsp3) is 0.500. The second kappa shape index (κ2) is 8.79. The molecule has 1 atom stereocenters. The number of hydrogen-bond donors (Lipinski definition) is 1. The summed E-state index contributed by atoms with van der Waals surface area (Å²) in [4.78, 5) is 12.4. The molecule has 0 unspecified atom stereocenters. The Bertz CT molecular complexity index is 789. The first-order chi connectivity index (χ1) is 12.8. The van der Waals surface area contributed by atoms with E-state index >= 15 is 0 Å². The van der Waals surface area contributed by atoms with Gasteiger partial charge >= 0.3 is 0 Å². The highest BCUT2D eigenvalue weighted by molar-refractivity contribution is 5.76. The number of carbonyl (C=O) groups is 1. The van der Waals surface area contributed by atoms with Crippen LogP contribution in [0.25, 0.3) is 0 Å². The largest absolute Gasteiger partial charge is 0.493 e. The summed E-state index contributed by atoms with van der Waals surface area (Å²) in [5, 5.41) is 7.47. The third kappa shape index (κ3) is 4.53. The summed E-state index contributed by atoms with van der Waals surface area (Å²) in [6, 6.07) is 3.65. The van der Waals surface area contributed by atoms with E-state index < -0.39 is 0 Å². The number of ether oxygens (including phenoxy) is 3. The van der Waals surface area contributed by atoms with Crippen molar-refractivity contribution in [3.05, 3.63) is 34.6 Å². The minimum absolute atomic E-state index is 0.0149. The van der Waals surface area contributed by atoms with Gasteiger partial charge in [0.2, 0.25) is 11.7 Å². The zero-order chi connectivity index (χ0) is 20.1. The molecule has 0 fully saturated rings. The highest BCUT2D eigenvalue weighted by Crippen LogP contribution is 2.38. The molecular weight excluding hydrogens is 346 g/mol. The van der Waals surface area contributed by atoms with Crippen LogP contribution in [-0.4, -0.2) is 37.0 Å². The first-order valence-electron chi connectivity index (χ1n) is 8.90. The molecule has 0 saturated heterocycles. The van der Waals surface area contributed by atoms with Gasteiger partial charge in [-0.2, -0.15) is 5.10 Å². The van der Waals surface area contributed by atoms with Gasteiger partial charge in [-0.05, 0) is 44.9 Å². The van der Waals surface area contributed by atoms with Crippen molar-refractivity contribution in [2.45, 2.75) is 39.7 Å². The maximum atomic E-state index is 12.4. The lowest BCUT2D eigenvalue weighted by atomic mass is 10.0. The average Bonchev–Trinajstić information content (AvgIpc) is 2.90. The molecule has 0 aliphatic rings. The summed E-state index contributed by atoms with van der Waals surface area (Å²) in [7, 11) is 6.63. The Balaban J connectivity index is 2.05. The molecule has 0 aliphatic carbocycles. The molecule has 7 heteroatoms. The van der Waals surface area contributed by atoms with Gasteiger partial charge in [0, 0.05) is 24.7 Å². The molecule has 0 saturated carbocycles. The van der Waals surface area contributed by atoms with Crippen LogP contribution in [0.1, 0.15) is 41.9 Å². The van der Waals surface area contributed by atoms with Crippen molar-refractivity contribution in [1.29, 1.82) is 0 Å². The van der Waals surface area contributed by atoms with Crippen molar-refractivity contribution < 1.29 is 19.0 Å². The molecule has 0 radical (unpaired) electrons. The zero-order valence-electron chi connectivity index (χ0n) is 17.2. The summed E-state index contributed by atoms with van der Waals surface area (Å²) in [6.07, 6.45) is 0.932. The van der Waals surface area contributed by atoms with E-state index in [4.69, 9.17) is 14.2 Å². The molecule has 0 bridgehead atoms. The van der Waals surface area contributed by atoms with Gasteiger partial charge in [-0.25, -0.2) is 0 Å². The first-order valence-corrected chi connectivity index (χ1v) is 8.90. The van der Waals surface area contributed by atoms with Crippen LogP contribution in [0.4, 0.5) is 0 Å². The molecule has 27 heavy (non-hydrogen) atoms. The highest BCUT2D eigenvalue weighted by atomic mass is 16.5. The first kappa shape index (κ1) is 20.6. The van der Waals surface area contributed by atoms with Gasteiger partial charge in [0.05, 0.1) is 33.1 Å². The Morgan fingerprint density at radius 2 is 1.74 bits per heavy atom. The second-order valence-corrected chi connectivity index (χ2v) is 6.53. The summed E-state index contributed by atoms with van der Waals surface area (Å²) >= 11 is 0. The van der Waals surface area contributed by atoms with Gasteiger partial charge in [-0.1, -0.05) is 0 Å².